The van der Waals surface area contributed by atoms with E-state index in [1.165, 1.54) is 36.5 Å². The number of nitro groups is 1. The second-order valence-corrected chi connectivity index (χ2v) is 6.52. The van der Waals surface area contributed by atoms with Crippen molar-refractivity contribution < 1.29 is 22.8 Å². The van der Waals surface area contributed by atoms with E-state index < -0.39 is 16.7 Å². The first-order chi connectivity index (χ1) is 13.8. The van der Waals surface area contributed by atoms with Crippen molar-refractivity contribution in [3.8, 4) is 11.4 Å². The van der Waals surface area contributed by atoms with Crippen LogP contribution in [-0.2, 0) is 10.9 Å². The van der Waals surface area contributed by atoms with Crippen molar-refractivity contribution in [3.63, 3.8) is 0 Å². The SMILES string of the molecule is O=[N+]([O-])c1ccc2cnc(-c3ccc(N4CCOCC4)c(C(F)(F)F)c3)nc2c1. The van der Waals surface area contributed by atoms with Gasteiger partial charge in [-0.15, -0.1) is 0 Å². The van der Waals surface area contributed by atoms with Crippen LogP contribution in [0, 0.1) is 10.1 Å². The summed E-state index contributed by atoms with van der Waals surface area (Å²) in [4.78, 5) is 20.4. The molecule has 1 fully saturated rings. The van der Waals surface area contributed by atoms with Crippen molar-refractivity contribution in [2.45, 2.75) is 6.18 Å². The van der Waals surface area contributed by atoms with Gasteiger partial charge in [-0.2, -0.15) is 13.2 Å². The lowest BCUT2D eigenvalue weighted by atomic mass is 10.1. The zero-order valence-electron chi connectivity index (χ0n) is 15.0. The normalized spacial score (nSPS) is 14.9. The van der Waals surface area contributed by atoms with Crippen LogP contribution in [0.5, 0.6) is 0 Å². The number of ether oxygens (including phenoxy) is 1. The number of alkyl halides is 3. The molecule has 0 atom stereocenters. The number of hydrogen-bond acceptors (Lipinski definition) is 6. The fraction of sp³-hybridized carbons (Fsp3) is 0.263. The lowest BCUT2D eigenvalue weighted by Crippen LogP contribution is -2.37. The molecule has 1 aliphatic rings. The molecule has 0 saturated carbocycles. The molecule has 10 heteroatoms. The third-order valence-electron chi connectivity index (χ3n) is 4.69. The number of anilines is 1. The highest BCUT2D eigenvalue weighted by molar-refractivity contribution is 5.82. The molecule has 2 heterocycles. The highest BCUT2D eigenvalue weighted by Crippen LogP contribution is 2.39. The third kappa shape index (κ3) is 3.83. The highest BCUT2D eigenvalue weighted by atomic mass is 19.4. The summed E-state index contributed by atoms with van der Waals surface area (Å²) >= 11 is 0. The van der Waals surface area contributed by atoms with Crippen molar-refractivity contribution in [1.29, 1.82) is 0 Å². The van der Waals surface area contributed by atoms with Gasteiger partial charge in [0.15, 0.2) is 5.82 Å². The molecule has 4 rings (SSSR count). The molecule has 0 radical (unpaired) electrons. The van der Waals surface area contributed by atoms with Crippen LogP contribution in [0.1, 0.15) is 5.56 Å². The minimum atomic E-state index is -4.56. The summed E-state index contributed by atoms with van der Waals surface area (Å²) in [6.07, 6.45) is -3.12. The largest absolute Gasteiger partial charge is 0.418 e. The van der Waals surface area contributed by atoms with E-state index in [1.54, 1.807) is 4.90 Å². The second-order valence-electron chi connectivity index (χ2n) is 6.52. The van der Waals surface area contributed by atoms with Crippen LogP contribution in [0.4, 0.5) is 24.5 Å². The van der Waals surface area contributed by atoms with E-state index in [4.69, 9.17) is 4.74 Å². The van der Waals surface area contributed by atoms with Crippen molar-refractivity contribution in [1.82, 2.24) is 9.97 Å². The maximum absolute atomic E-state index is 13.7. The van der Waals surface area contributed by atoms with E-state index in [0.717, 1.165) is 6.07 Å². The lowest BCUT2D eigenvalue weighted by Gasteiger charge is -2.31. The molecule has 29 heavy (non-hydrogen) atoms. The Bertz CT molecular complexity index is 1080. The summed E-state index contributed by atoms with van der Waals surface area (Å²) in [5.41, 5.74) is -0.376. The molecule has 0 unspecified atom stereocenters. The minimum Gasteiger partial charge on any atom is -0.378 e. The second kappa shape index (κ2) is 7.28. The molecule has 3 aromatic rings. The number of halogens is 3. The van der Waals surface area contributed by atoms with Crippen LogP contribution in [0.2, 0.25) is 0 Å². The third-order valence-corrected chi connectivity index (χ3v) is 4.69. The summed E-state index contributed by atoms with van der Waals surface area (Å²) in [7, 11) is 0. The zero-order valence-corrected chi connectivity index (χ0v) is 15.0. The first-order valence-corrected chi connectivity index (χ1v) is 8.78. The fourth-order valence-electron chi connectivity index (χ4n) is 3.25. The van der Waals surface area contributed by atoms with Crippen molar-refractivity contribution in [2.75, 3.05) is 31.2 Å². The maximum Gasteiger partial charge on any atom is 0.418 e. The Morgan fingerprint density at radius 1 is 1.10 bits per heavy atom. The monoisotopic (exact) mass is 404 g/mol. The number of nitrogens with zero attached hydrogens (tertiary/aromatic N) is 4. The molecular formula is C19H15F3N4O3. The summed E-state index contributed by atoms with van der Waals surface area (Å²) in [6, 6.07) is 8.05. The van der Waals surface area contributed by atoms with Gasteiger partial charge in [0.05, 0.1) is 29.2 Å². The quantitative estimate of drug-likeness (QED) is 0.484. The van der Waals surface area contributed by atoms with E-state index in [0.29, 0.717) is 31.7 Å². The van der Waals surface area contributed by atoms with Gasteiger partial charge in [-0.05, 0) is 24.3 Å². The van der Waals surface area contributed by atoms with Crippen LogP contribution in [0.15, 0.2) is 42.6 Å². The predicted molar refractivity (Wildman–Crippen MR) is 99.7 cm³/mol. The number of nitro benzene ring substituents is 1. The summed E-state index contributed by atoms with van der Waals surface area (Å²) in [6.45, 7) is 1.48. The number of non-ortho nitro benzene ring substituents is 1. The van der Waals surface area contributed by atoms with Crippen LogP contribution in [0.25, 0.3) is 22.3 Å². The maximum atomic E-state index is 13.7. The van der Waals surface area contributed by atoms with E-state index in [2.05, 4.69) is 9.97 Å². The van der Waals surface area contributed by atoms with Gasteiger partial charge in [0.25, 0.3) is 5.69 Å². The van der Waals surface area contributed by atoms with Gasteiger partial charge in [-0.1, -0.05) is 0 Å². The smallest absolute Gasteiger partial charge is 0.378 e. The standard InChI is InChI=1S/C19H15F3N4O3/c20-19(21,22)15-9-12(2-4-17(15)25-5-7-29-8-6-25)18-23-11-13-1-3-14(26(27)28)10-16(13)24-18/h1-4,9-11H,5-8H2. The van der Waals surface area contributed by atoms with Gasteiger partial charge < -0.3 is 9.64 Å². The predicted octanol–water partition coefficient (Wildman–Crippen LogP) is 4.06. The van der Waals surface area contributed by atoms with Crippen molar-refractivity contribution in [3.05, 3.63) is 58.3 Å². The first kappa shape index (κ1) is 19.1. The van der Waals surface area contributed by atoms with E-state index in [1.807, 2.05) is 0 Å². The number of fused-ring (bicyclic) bond motifs is 1. The van der Waals surface area contributed by atoms with Crippen LogP contribution in [0.3, 0.4) is 0 Å². The Balaban J connectivity index is 1.79. The molecule has 0 N–H and O–H groups in total. The Morgan fingerprint density at radius 2 is 1.86 bits per heavy atom. The molecule has 1 aromatic heterocycles. The Morgan fingerprint density at radius 3 is 2.55 bits per heavy atom. The lowest BCUT2D eigenvalue weighted by molar-refractivity contribution is -0.384. The first-order valence-electron chi connectivity index (χ1n) is 8.78. The zero-order chi connectivity index (χ0) is 20.6. The Labute approximate surface area is 162 Å². The number of hydrogen-bond donors (Lipinski definition) is 0. The van der Waals surface area contributed by atoms with Crippen molar-refractivity contribution >= 4 is 22.3 Å². The van der Waals surface area contributed by atoms with Crippen LogP contribution < -0.4 is 4.90 Å². The van der Waals surface area contributed by atoms with Crippen LogP contribution in [-0.4, -0.2) is 41.2 Å². The van der Waals surface area contributed by atoms with E-state index in [9.17, 15) is 23.3 Å². The molecule has 0 aliphatic carbocycles. The van der Waals surface area contributed by atoms with Gasteiger partial charge in [0.2, 0.25) is 0 Å². The van der Waals surface area contributed by atoms with Gasteiger partial charge in [-0.3, -0.25) is 10.1 Å². The van der Waals surface area contributed by atoms with Gasteiger partial charge >= 0.3 is 6.18 Å². The molecule has 150 valence electrons. The molecule has 1 saturated heterocycles. The Hall–Kier alpha value is -3.27. The summed E-state index contributed by atoms with van der Waals surface area (Å²) in [5.74, 6) is 0.0667. The number of rotatable bonds is 3. The fourth-order valence-corrected chi connectivity index (χ4v) is 3.25. The molecule has 0 spiro atoms. The van der Waals surface area contributed by atoms with Crippen molar-refractivity contribution in [2.24, 2.45) is 0 Å². The topological polar surface area (TPSA) is 81.4 Å². The summed E-state index contributed by atoms with van der Waals surface area (Å²) < 4.78 is 46.4. The highest BCUT2D eigenvalue weighted by Gasteiger charge is 2.35. The molecular weight excluding hydrogens is 389 g/mol. The number of aromatic nitrogens is 2. The molecule has 7 nitrogen and oxygen atoms in total. The Kier molecular flexibility index (Phi) is 4.79. The average molecular weight is 404 g/mol. The minimum absolute atomic E-state index is 0.0667. The van der Waals surface area contributed by atoms with Gasteiger partial charge in [0.1, 0.15) is 0 Å². The number of morpholine rings is 1. The molecule has 0 amide bonds. The molecule has 2 aromatic carbocycles. The van der Waals surface area contributed by atoms with Gasteiger partial charge in [-0.25, -0.2) is 9.97 Å². The molecule has 1 aliphatic heterocycles. The van der Waals surface area contributed by atoms with E-state index >= 15 is 0 Å². The van der Waals surface area contributed by atoms with Gasteiger partial charge in [0, 0.05) is 48.1 Å². The van der Waals surface area contributed by atoms with Crippen LogP contribution >= 0.6 is 0 Å². The number of benzene rings is 2. The van der Waals surface area contributed by atoms with E-state index in [-0.39, 0.29) is 28.3 Å². The molecule has 0 bridgehead atoms. The average Bonchev–Trinajstić information content (AvgIpc) is 2.72. The summed E-state index contributed by atoms with van der Waals surface area (Å²) in [5, 5.41) is 11.5.